The summed E-state index contributed by atoms with van der Waals surface area (Å²) in [6.45, 7) is 0. The van der Waals surface area contributed by atoms with Crippen LogP contribution in [0.3, 0.4) is 0 Å². The molecule has 28 heavy (non-hydrogen) atoms. The Morgan fingerprint density at radius 1 is 1.07 bits per heavy atom. The van der Waals surface area contributed by atoms with Gasteiger partial charge in [0, 0.05) is 23.2 Å². The molecule has 1 aliphatic rings. The fourth-order valence-electron chi connectivity index (χ4n) is 3.18. The molecule has 10 heteroatoms. The minimum absolute atomic E-state index is 0.0432. The van der Waals surface area contributed by atoms with Crippen molar-refractivity contribution in [3.63, 3.8) is 0 Å². The maximum Gasteiger partial charge on any atom is 0.586 e. The van der Waals surface area contributed by atoms with Crippen molar-refractivity contribution in [3.8, 4) is 11.5 Å². The van der Waals surface area contributed by atoms with E-state index in [1.54, 1.807) is 24.4 Å². The zero-order chi connectivity index (χ0) is 19.5. The summed E-state index contributed by atoms with van der Waals surface area (Å²) in [4.78, 5) is 7.17. The molecular formula is C18H11F2N3O4S. The number of nitrogens with one attached hydrogen (secondary N) is 2. The topological polar surface area (TPSA) is 93.3 Å². The average molecular weight is 403 g/mol. The van der Waals surface area contributed by atoms with Gasteiger partial charge in [-0.05, 0) is 18.2 Å². The first-order chi connectivity index (χ1) is 13.3. The summed E-state index contributed by atoms with van der Waals surface area (Å²) >= 11 is 0. The number of hydrogen-bond donors (Lipinski definition) is 2. The lowest BCUT2D eigenvalue weighted by Gasteiger charge is -2.10. The number of para-hydroxylation sites is 1. The quantitative estimate of drug-likeness (QED) is 0.542. The number of aromatic amines is 1. The van der Waals surface area contributed by atoms with E-state index in [1.165, 1.54) is 24.4 Å². The zero-order valence-electron chi connectivity index (χ0n) is 13.9. The molecule has 3 heterocycles. The largest absolute Gasteiger partial charge is 0.586 e. The number of anilines is 1. The molecule has 4 aromatic rings. The number of halogens is 2. The van der Waals surface area contributed by atoms with Gasteiger partial charge in [0.1, 0.15) is 4.90 Å². The molecule has 0 fully saturated rings. The summed E-state index contributed by atoms with van der Waals surface area (Å²) in [7, 11) is -4.11. The molecule has 0 saturated carbocycles. The molecule has 142 valence electrons. The number of pyridine rings is 1. The molecule has 0 spiro atoms. The number of ether oxygens (including phenoxy) is 2. The van der Waals surface area contributed by atoms with Crippen molar-refractivity contribution in [2.75, 3.05) is 4.72 Å². The van der Waals surface area contributed by atoms with Crippen LogP contribution in [-0.2, 0) is 10.0 Å². The number of aromatic nitrogens is 2. The van der Waals surface area contributed by atoms with Crippen LogP contribution in [0, 0.1) is 0 Å². The molecule has 0 radical (unpaired) electrons. The van der Waals surface area contributed by atoms with E-state index in [0.29, 0.717) is 16.4 Å². The standard InChI is InChI=1S/C18H11F2N3O4S/c19-18(20)26-13-5-1-4-12(17(13)27-18)23-28(24,25)14-9-22-16-11(14)7-6-10-3-2-8-21-15(10)16/h1-9,22-23H. The summed E-state index contributed by atoms with van der Waals surface area (Å²) in [5.41, 5.74) is 1.03. The van der Waals surface area contributed by atoms with E-state index >= 15 is 0 Å². The van der Waals surface area contributed by atoms with Gasteiger partial charge >= 0.3 is 6.29 Å². The number of benzene rings is 2. The van der Waals surface area contributed by atoms with E-state index in [1.807, 2.05) is 6.07 Å². The maximum absolute atomic E-state index is 13.3. The van der Waals surface area contributed by atoms with Crippen LogP contribution >= 0.6 is 0 Å². The highest BCUT2D eigenvalue weighted by Gasteiger charge is 2.45. The van der Waals surface area contributed by atoms with Crippen molar-refractivity contribution >= 4 is 37.5 Å². The Morgan fingerprint density at radius 2 is 1.93 bits per heavy atom. The van der Waals surface area contributed by atoms with Crippen molar-refractivity contribution in [3.05, 3.63) is 54.9 Å². The van der Waals surface area contributed by atoms with E-state index in [0.717, 1.165) is 5.39 Å². The molecule has 0 unspecified atom stereocenters. The van der Waals surface area contributed by atoms with Crippen LogP contribution in [-0.4, -0.2) is 24.7 Å². The molecule has 0 amide bonds. The second kappa shape index (κ2) is 5.55. The molecular weight excluding hydrogens is 392 g/mol. The first-order valence-corrected chi connectivity index (χ1v) is 9.59. The normalized spacial score (nSPS) is 15.2. The van der Waals surface area contributed by atoms with Crippen molar-refractivity contribution in [2.45, 2.75) is 11.2 Å². The third-order valence-corrected chi connectivity index (χ3v) is 5.76. The molecule has 0 aliphatic carbocycles. The first-order valence-electron chi connectivity index (χ1n) is 8.11. The number of fused-ring (bicyclic) bond motifs is 4. The Hall–Kier alpha value is -3.40. The summed E-state index contributed by atoms with van der Waals surface area (Å²) < 4.78 is 63.6. The number of hydrogen-bond acceptors (Lipinski definition) is 5. The van der Waals surface area contributed by atoms with Crippen LogP contribution in [0.4, 0.5) is 14.5 Å². The summed E-state index contributed by atoms with van der Waals surface area (Å²) in [6, 6.07) is 11.0. The average Bonchev–Trinajstić information content (AvgIpc) is 3.22. The van der Waals surface area contributed by atoms with Crippen LogP contribution < -0.4 is 14.2 Å². The van der Waals surface area contributed by atoms with Gasteiger partial charge in [0.2, 0.25) is 0 Å². The number of rotatable bonds is 3. The SMILES string of the molecule is O=S(=O)(Nc1cccc2c1OC(F)(F)O2)c1c[nH]c2c1ccc1cccnc12. The summed E-state index contributed by atoms with van der Waals surface area (Å²) in [5.74, 6) is -0.623. The molecule has 1 aliphatic heterocycles. The fourth-order valence-corrected chi connectivity index (χ4v) is 4.42. The van der Waals surface area contributed by atoms with Gasteiger partial charge < -0.3 is 14.5 Å². The van der Waals surface area contributed by atoms with E-state index in [4.69, 9.17) is 0 Å². The Bertz CT molecular complexity index is 1350. The fraction of sp³-hybridized carbons (Fsp3) is 0.0556. The van der Waals surface area contributed by atoms with Gasteiger partial charge in [0.05, 0.1) is 16.7 Å². The van der Waals surface area contributed by atoms with Crippen LogP contribution in [0.15, 0.2) is 59.8 Å². The van der Waals surface area contributed by atoms with Gasteiger partial charge in [0.25, 0.3) is 10.0 Å². The Kier molecular flexibility index (Phi) is 3.32. The number of alkyl halides is 2. The van der Waals surface area contributed by atoms with Gasteiger partial charge in [0.15, 0.2) is 11.5 Å². The molecule has 0 saturated heterocycles. The number of nitrogens with zero attached hydrogens (tertiary/aromatic N) is 1. The highest BCUT2D eigenvalue weighted by atomic mass is 32.2. The van der Waals surface area contributed by atoms with E-state index < -0.39 is 16.3 Å². The van der Waals surface area contributed by atoms with Crippen molar-refractivity contribution < 1.29 is 26.7 Å². The lowest BCUT2D eigenvalue weighted by atomic mass is 10.1. The molecule has 7 nitrogen and oxygen atoms in total. The van der Waals surface area contributed by atoms with Crippen LogP contribution in [0.1, 0.15) is 0 Å². The van der Waals surface area contributed by atoms with Crippen molar-refractivity contribution in [2.24, 2.45) is 0 Å². The lowest BCUT2D eigenvalue weighted by molar-refractivity contribution is -0.286. The minimum atomic E-state index is -4.11. The molecule has 0 bridgehead atoms. The van der Waals surface area contributed by atoms with Gasteiger partial charge in [-0.3, -0.25) is 9.71 Å². The number of H-pyrrole nitrogens is 1. The van der Waals surface area contributed by atoms with Crippen LogP contribution in [0.5, 0.6) is 11.5 Å². The van der Waals surface area contributed by atoms with Gasteiger partial charge in [-0.15, -0.1) is 8.78 Å². The van der Waals surface area contributed by atoms with Gasteiger partial charge in [-0.25, -0.2) is 8.42 Å². The van der Waals surface area contributed by atoms with Crippen LogP contribution in [0.2, 0.25) is 0 Å². The summed E-state index contributed by atoms with van der Waals surface area (Å²) in [5, 5.41) is 1.27. The predicted molar refractivity (Wildman–Crippen MR) is 97.1 cm³/mol. The monoisotopic (exact) mass is 403 g/mol. The van der Waals surface area contributed by atoms with E-state index in [2.05, 4.69) is 24.2 Å². The van der Waals surface area contributed by atoms with E-state index in [-0.39, 0.29) is 22.1 Å². The van der Waals surface area contributed by atoms with Crippen molar-refractivity contribution in [1.29, 1.82) is 0 Å². The zero-order valence-corrected chi connectivity index (χ0v) is 14.8. The van der Waals surface area contributed by atoms with E-state index in [9.17, 15) is 17.2 Å². The predicted octanol–water partition coefficient (Wildman–Crippen LogP) is 3.84. The second-order valence-electron chi connectivity index (χ2n) is 6.12. The third kappa shape index (κ3) is 2.53. The van der Waals surface area contributed by atoms with Gasteiger partial charge in [-0.2, -0.15) is 0 Å². The Morgan fingerprint density at radius 3 is 2.79 bits per heavy atom. The second-order valence-corrected chi connectivity index (χ2v) is 7.77. The van der Waals surface area contributed by atoms with Gasteiger partial charge in [-0.1, -0.05) is 24.3 Å². The summed E-state index contributed by atoms with van der Waals surface area (Å²) in [6.07, 6.45) is -0.911. The molecule has 2 aromatic heterocycles. The highest BCUT2D eigenvalue weighted by Crippen LogP contribution is 2.46. The molecule has 2 N–H and O–H groups in total. The molecule has 0 atom stereocenters. The molecule has 2 aromatic carbocycles. The third-order valence-electron chi connectivity index (χ3n) is 4.35. The highest BCUT2D eigenvalue weighted by molar-refractivity contribution is 7.93. The Balaban J connectivity index is 1.60. The van der Waals surface area contributed by atoms with Crippen molar-refractivity contribution in [1.82, 2.24) is 9.97 Å². The number of sulfonamides is 1. The Labute approximate surface area is 157 Å². The lowest BCUT2D eigenvalue weighted by Crippen LogP contribution is -2.26. The minimum Gasteiger partial charge on any atom is -0.395 e. The maximum atomic E-state index is 13.3. The first kappa shape index (κ1) is 16.8. The van der Waals surface area contributed by atoms with Crippen LogP contribution in [0.25, 0.3) is 21.8 Å². The molecule has 5 rings (SSSR count). The smallest absolute Gasteiger partial charge is 0.395 e.